The van der Waals surface area contributed by atoms with Crippen molar-refractivity contribution < 1.29 is 4.74 Å². The largest absolute Gasteiger partial charge is 0.362 e. The number of hydrogen-bond donors (Lipinski definition) is 0. The standard InChI is InChI=1S/C8H15ClO/c1-6(2)7-4-3-5-10-8(7)9/h6-8H,3-5H2,1-2H3. The summed E-state index contributed by atoms with van der Waals surface area (Å²) in [6.45, 7) is 5.25. The van der Waals surface area contributed by atoms with E-state index in [1.165, 1.54) is 12.8 Å². The number of halogens is 1. The summed E-state index contributed by atoms with van der Waals surface area (Å²) in [4.78, 5) is 0. The van der Waals surface area contributed by atoms with Gasteiger partial charge in [-0.25, -0.2) is 0 Å². The fourth-order valence-corrected chi connectivity index (χ4v) is 1.91. The predicted octanol–water partition coefficient (Wildman–Crippen LogP) is 2.63. The molecule has 1 saturated heterocycles. The lowest BCUT2D eigenvalue weighted by Crippen LogP contribution is -2.28. The van der Waals surface area contributed by atoms with Gasteiger partial charge in [0.15, 0.2) is 0 Å². The third-order valence-corrected chi connectivity index (χ3v) is 2.60. The van der Waals surface area contributed by atoms with E-state index in [0.29, 0.717) is 11.8 Å². The van der Waals surface area contributed by atoms with Crippen LogP contribution >= 0.6 is 11.6 Å². The van der Waals surface area contributed by atoms with Gasteiger partial charge in [0.1, 0.15) is 5.56 Å². The van der Waals surface area contributed by atoms with Gasteiger partial charge >= 0.3 is 0 Å². The van der Waals surface area contributed by atoms with E-state index in [0.717, 1.165) is 6.61 Å². The van der Waals surface area contributed by atoms with E-state index in [1.807, 2.05) is 0 Å². The van der Waals surface area contributed by atoms with E-state index in [9.17, 15) is 0 Å². The van der Waals surface area contributed by atoms with Crippen LogP contribution in [0.5, 0.6) is 0 Å². The van der Waals surface area contributed by atoms with Crippen LogP contribution in [-0.2, 0) is 4.74 Å². The molecule has 0 bridgehead atoms. The molecular weight excluding hydrogens is 148 g/mol. The minimum Gasteiger partial charge on any atom is -0.362 e. The average molecular weight is 163 g/mol. The molecule has 1 rings (SSSR count). The first-order chi connectivity index (χ1) is 4.72. The summed E-state index contributed by atoms with van der Waals surface area (Å²) in [6, 6.07) is 0. The minimum absolute atomic E-state index is 0.0336. The Morgan fingerprint density at radius 1 is 1.50 bits per heavy atom. The first-order valence-corrected chi connectivity index (χ1v) is 4.41. The fraction of sp³-hybridized carbons (Fsp3) is 1.00. The van der Waals surface area contributed by atoms with Crippen molar-refractivity contribution in [1.82, 2.24) is 0 Å². The van der Waals surface area contributed by atoms with Gasteiger partial charge in [0, 0.05) is 12.5 Å². The molecule has 0 radical (unpaired) electrons. The molecular formula is C8H15ClO. The minimum atomic E-state index is -0.0336. The van der Waals surface area contributed by atoms with Crippen LogP contribution in [0.1, 0.15) is 26.7 Å². The van der Waals surface area contributed by atoms with Crippen LogP contribution in [0.2, 0.25) is 0 Å². The highest BCUT2D eigenvalue weighted by molar-refractivity contribution is 6.19. The van der Waals surface area contributed by atoms with Crippen LogP contribution in [-0.4, -0.2) is 12.2 Å². The zero-order chi connectivity index (χ0) is 7.56. The summed E-state index contributed by atoms with van der Waals surface area (Å²) in [5.41, 5.74) is -0.0336. The van der Waals surface area contributed by atoms with E-state index in [2.05, 4.69) is 13.8 Å². The second kappa shape index (κ2) is 3.59. The maximum Gasteiger partial charge on any atom is 0.134 e. The first-order valence-electron chi connectivity index (χ1n) is 3.97. The maximum absolute atomic E-state index is 5.96. The van der Waals surface area contributed by atoms with Crippen molar-refractivity contribution in [2.24, 2.45) is 11.8 Å². The smallest absolute Gasteiger partial charge is 0.134 e. The third kappa shape index (κ3) is 1.86. The van der Waals surface area contributed by atoms with Gasteiger partial charge in [-0.15, -0.1) is 0 Å². The predicted molar refractivity (Wildman–Crippen MR) is 43.2 cm³/mol. The van der Waals surface area contributed by atoms with Gasteiger partial charge < -0.3 is 4.74 Å². The molecule has 0 aromatic rings. The first kappa shape index (κ1) is 8.35. The molecule has 0 aliphatic carbocycles. The molecule has 60 valence electrons. The molecule has 1 aliphatic rings. The molecule has 1 aliphatic heterocycles. The second-order valence-electron chi connectivity index (χ2n) is 3.27. The maximum atomic E-state index is 5.96. The molecule has 0 N–H and O–H groups in total. The van der Waals surface area contributed by atoms with E-state index in [-0.39, 0.29) is 5.56 Å². The summed E-state index contributed by atoms with van der Waals surface area (Å²) in [7, 11) is 0. The zero-order valence-electron chi connectivity index (χ0n) is 6.64. The third-order valence-electron chi connectivity index (χ3n) is 2.15. The average Bonchev–Trinajstić information content (AvgIpc) is 1.88. The van der Waals surface area contributed by atoms with Crippen LogP contribution in [0.4, 0.5) is 0 Å². The molecule has 0 saturated carbocycles. The highest BCUT2D eigenvalue weighted by Gasteiger charge is 2.25. The molecule has 2 atom stereocenters. The quantitative estimate of drug-likeness (QED) is 0.539. The van der Waals surface area contributed by atoms with Crippen molar-refractivity contribution >= 4 is 11.6 Å². The molecule has 0 aromatic heterocycles. The van der Waals surface area contributed by atoms with Crippen molar-refractivity contribution in [2.75, 3.05) is 6.61 Å². The Balaban J connectivity index is 2.40. The summed E-state index contributed by atoms with van der Waals surface area (Å²) in [5, 5.41) is 0. The molecule has 0 spiro atoms. The van der Waals surface area contributed by atoms with E-state index >= 15 is 0 Å². The van der Waals surface area contributed by atoms with E-state index in [4.69, 9.17) is 16.3 Å². The SMILES string of the molecule is CC(C)C1CCCOC1Cl. The van der Waals surface area contributed by atoms with Crippen LogP contribution < -0.4 is 0 Å². The summed E-state index contributed by atoms with van der Waals surface area (Å²) in [5.74, 6) is 1.22. The van der Waals surface area contributed by atoms with Crippen LogP contribution in [0.25, 0.3) is 0 Å². The monoisotopic (exact) mass is 162 g/mol. The molecule has 10 heavy (non-hydrogen) atoms. The van der Waals surface area contributed by atoms with Gasteiger partial charge in [0.25, 0.3) is 0 Å². The number of ether oxygens (including phenoxy) is 1. The lowest BCUT2D eigenvalue weighted by Gasteiger charge is -2.30. The Morgan fingerprint density at radius 2 is 2.20 bits per heavy atom. The summed E-state index contributed by atoms with van der Waals surface area (Å²) in [6.07, 6.45) is 2.40. The van der Waals surface area contributed by atoms with Gasteiger partial charge in [-0.1, -0.05) is 25.4 Å². The molecule has 0 aromatic carbocycles. The second-order valence-corrected chi connectivity index (χ2v) is 3.70. The van der Waals surface area contributed by atoms with Crippen molar-refractivity contribution in [3.05, 3.63) is 0 Å². The van der Waals surface area contributed by atoms with Gasteiger partial charge in [0.05, 0.1) is 0 Å². The van der Waals surface area contributed by atoms with Gasteiger partial charge in [0.2, 0.25) is 0 Å². The Hall–Kier alpha value is 0.250. The molecule has 1 fully saturated rings. The van der Waals surface area contributed by atoms with Crippen molar-refractivity contribution in [3.63, 3.8) is 0 Å². The summed E-state index contributed by atoms with van der Waals surface area (Å²) < 4.78 is 5.32. The van der Waals surface area contributed by atoms with Crippen LogP contribution in [0, 0.1) is 11.8 Å². The molecule has 1 heterocycles. The highest BCUT2D eigenvalue weighted by atomic mass is 35.5. The lowest BCUT2D eigenvalue weighted by atomic mass is 9.90. The number of rotatable bonds is 1. The topological polar surface area (TPSA) is 9.23 Å². The Morgan fingerprint density at radius 3 is 2.60 bits per heavy atom. The summed E-state index contributed by atoms with van der Waals surface area (Å²) >= 11 is 5.96. The fourth-order valence-electron chi connectivity index (χ4n) is 1.41. The molecule has 2 unspecified atom stereocenters. The van der Waals surface area contributed by atoms with Crippen LogP contribution in [0.15, 0.2) is 0 Å². The molecule has 2 heteroatoms. The Bertz CT molecular complexity index is 103. The van der Waals surface area contributed by atoms with Gasteiger partial charge in [-0.3, -0.25) is 0 Å². The number of hydrogen-bond acceptors (Lipinski definition) is 1. The molecule has 1 nitrogen and oxygen atoms in total. The normalized spacial score (nSPS) is 34.8. The van der Waals surface area contributed by atoms with Crippen LogP contribution in [0.3, 0.4) is 0 Å². The Labute approximate surface area is 67.7 Å². The van der Waals surface area contributed by atoms with Crippen molar-refractivity contribution in [1.29, 1.82) is 0 Å². The highest BCUT2D eigenvalue weighted by Crippen LogP contribution is 2.29. The van der Waals surface area contributed by atoms with Gasteiger partial charge in [-0.05, 0) is 18.8 Å². The van der Waals surface area contributed by atoms with E-state index < -0.39 is 0 Å². The zero-order valence-corrected chi connectivity index (χ0v) is 7.40. The van der Waals surface area contributed by atoms with Gasteiger partial charge in [-0.2, -0.15) is 0 Å². The van der Waals surface area contributed by atoms with Crippen molar-refractivity contribution in [2.45, 2.75) is 32.3 Å². The van der Waals surface area contributed by atoms with Crippen molar-refractivity contribution in [3.8, 4) is 0 Å². The molecule has 0 amide bonds. The Kier molecular flexibility index (Phi) is 2.99. The lowest BCUT2D eigenvalue weighted by molar-refractivity contribution is 0.00834. The number of alkyl halides is 1. The van der Waals surface area contributed by atoms with E-state index in [1.54, 1.807) is 0 Å².